The zero-order valence-electron chi connectivity index (χ0n) is 11.5. The minimum absolute atomic E-state index is 0.000881. The second kappa shape index (κ2) is 5.00. The van der Waals surface area contributed by atoms with Crippen molar-refractivity contribution in [3.63, 3.8) is 0 Å². The molecule has 0 aliphatic rings. The topological polar surface area (TPSA) is 74.1 Å². The summed E-state index contributed by atoms with van der Waals surface area (Å²) in [6.45, 7) is 0.419. The van der Waals surface area contributed by atoms with Gasteiger partial charge in [-0.25, -0.2) is 0 Å². The summed E-state index contributed by atoms with van der Waals surface area (Å²) in [5, 5.41) is 4.64. The summed E-state index contributed by atoms with van der Waals surface area (Å²) in [7, 11) is 0. The van der Waals surface area contributed by atoms with Crippen molar-refractivity contribution in [2.45, 2.75) is 6.54 Å². The van der Waals surface area contributed by atoms with E-state index in [2.05, 4.69) is 10.1 Å². The first-order valence-corrected chi connectivity index (χ1v) is 6.74. The van der Waals surface area contributed by atoms with Crippen LogP contribution in [0.15, 0.2) is 68.9 Å². The smallest absolute Gasteiger partial charge is 0.261 e. The number of aromatic nitrogens is 3. The maximum absolute atomic E-state index is 11.9. The van der Waals surface area contributed by atoms with Gasteiger partial charge in [0.05, 0.1) is 23.9 Å². The molecule has 3 aromatic heterocycles. The highest BCUT2D eigenvalue weighted by Crippen LogP contribution is 2.18. The highest BCUT2D eigenvalue weighted by atomic mass is 16.5. The Morgan fingerprint density at radius 3 is 2.91 bits per heavy atom. The first-order valence-electron chi connectivity index (χ1n) is 6.74. The van der Waals surface area contributed by atoms with Crippen LogP contribution in [0.25, 0.3) is 22.4 Å². The lowest BCUT2D eigenvalue weighted by Crippen LogP contribution is -2.09. The number of hydrogen-bond donors (Lipinski definition) is 0. The summed E-state index contributed by atoms with van der Waals surface area (Å²) in [6, 6.07) is 10.7. The fourth-order valence-corrected chi connectivity index (χ4v) is 2.37. The third kappa shape index (κ3) is 2.10. The fraction of sp³-hybridized carbons (Fsp3) is 0.0625. The van der Waals surface area contributed by atoms with Crippen LogP contribution in [0.4, 0.5) is 0 Å². The summed E-state index contributed by atoms with van der Waals surface area (Å²) >= 11 is 0. The van der Waals surface area contributed by atoms with Crippen LogP contribution >= 0.6 is 0 Å². The van der Waals surface area contributed by atoms with Gasteiger partial charge in [-0.05, 0) is 18.2 Å². The normalized spacial score (nSPS) is 11.1. The molecular formula is C16H11N3O3. The summed E-state index contributed by atoms with van der Waals surface area (Å²) in [4.78, 5) is 16.2. The number of hydrogen-bond acceptors (Lipinski definition) is 5. The monoisotopic (exact) mass is 293 g/mol. The second-order valence-corrected chi connectivity index (χ2v) is 4.85. The van der Waals surface area contributed by atoms with Gasteiger partial charge < -0.3 is 13.5 Å². The summed E-state index contributed by atoms with van der Waals surface area (Å²) in [5.74, 6) is 0.944. The first-order chi connectivity index (χ1) is 10.8. The van der Waals surface area contributed by atoms with Crippen LogP contribution in [0.5, 0.6) is 0 Å². The molecule has 6 heteroatoms. The van der Waals surface area contributed by atoms with Gasteiger partial charge in [-0.3, -0.25) is 4.79 Å². The molecule has 4 rings (SSSR count). The molecule has 0 radical (unpaired) electrons. The molecule has 108 valence electrons. The van der Waals surface area contributed by atoms with E-state index in [4.69, 9.17) is 8.94 Å². The quantitative estimate of drug-likeness (QED) is 0.580. The van der Waals surface area contributed by atoms with Crippen molar-refractivity contribution in [2.75, 3.05) is 0 Å². The van der Waals surface area contributed by atoms with Crippen molar-refractivity contribution in [3.8, 4) is 11.5 Å². The van der Waals surface area contributed by atoms with Crippen LogP contribution in [0, 0.1) is 0 Å². The lowest BCUT2D eigenvalue weighted by molar-refractivity contribution is 0.420. The van der Waals surface area contributed by atoms with E-state index in [-0.39, 0.29) is 5.43 Å². The molecule has 0 bridgehead atoms. The standard InChI is InChI=1S/C16H11N3O3/c20-14-5-7-19(13-4-2-1-3-12(13)14)9-15-17-16(22-18-15)11-6-8-21-10-11/h1-8,10H,9H2. The average molecular weight is 293 g/mol. The number of furan rings is 1. The largest absolute Gasteiger partial charge is 0.472 e. The van der Waals surface area contributed by atoms with Gasteiger partial charge in [0.1, 0.15) is 6.26 Å². The molecule has 3 heterocycles. The second-order valence-electron chi connectivity index (χ2n) is 4.85. The van der Waals surface area contributed by atoms with Gasteiger partial charge in [-0.1, -0.05) is 17.3 Å². The number of benzene rings is 1. The summed E-state index contributed by atoms with van der Waals surface area (Å²) < 4.78 is 12.1. The van der Waals surface area contributed by atoms with E-state index in [0.29, 0.717) is 23.6 Å². The zero-order chi connectivity index (χ0) is 14.9. The highest BCUT2D eigenvalue weighted by molar-refractivity contribution is 5.78. The zero-order valence-corrected chi connectivity index (χ0v) is 11.5. The van der Waals surface area contributed by atoms with Crippen molar-refractivity contribution >= 4 is 10.9 Å². The Morgan fingerprint density at radius 1 is 1.14 bits per heavy atom. The number of fused-ring (bicyclic) bond motifs is 1. The van der Waals surface area contributed by atoms with E-state index in [1.54, 1.807) is 36.9 Å². The molecule has 0 atom stereocenters. The lowest BCUT2D eigenvalue weighted by atomic mass is 10.2. The van der Waals surface area contributed by atoms with Crippen LogP contribution < -0.4 is 5.43 Å². The Balaban J connectivity index is 1.73. The Kier molecular flexibility index (Phi) is 2.86. The summed E-state index contributed by atoms with van der Waals surface area (Å²) in [5.41, 5.74) is 1.58. The van der Waals surface area contributed by atoms with E-state index in [0.717, 1.165) is 11.1 Å². The van der Waals surface area contributed by atoms with Crippen molar-refractivity contribution in [1.82, 2.24) is 14.7 Å². The maximum Gasteiger partial charge on any atom is 0.261 e. The van der Waals surface area contributed by atoms with E-state index < -0.39 is 0 Å². The van der Waals surface area contributed by atoms with Crippen molar-refractivity contribution in [1.29, 1.82) is 0 Å². The van der Waals surface area contributed by atoms with Gasteiger partial charge in [0, 0.05) is 17.6 Å². The van der Waals surface area contributed by atoms with Gasteiger partial charge >= 0.3 is 0 Å². The molecular weight excluding hydrogens is 282 g/mol. The number of nitrogens with zero attached hydrogens (tertiary/aromatic N) is 3. The highest BCUT2D eigenvalue weighted by Gasteiger charge is 2.11. The summed E-state index contributed by atoms with van der Waals surface area (Å²) in [6.07, 6.45) is 4.83. The minimum Gasteiger partial charge on any atom is -0.472 e. The molecule has 0 unspecified atom stereocenters. The SMILES string of the molecule is O=c1ccn(Cc2noc(-c3ccoc3)n2)c2ccccc12. The molecule has 22 heavy (non-hydrogen) atoms. The van der Waals surface area contributed by atoms with Crippen molar-refractivity contribution < 1.29 is 8.94 Å². The van der Waals surface area contributed by atoms with Gasteiger partial charge in [-0.15, -0.1) is 0 Å². The third-order valence-corrected chi connectivity index (χ3v) is 3.43. The maximum atomic E-state index is 11.9. The average Bonchev–Trinajstić information content (AvgIpc) is 3.21. The first kappa shape index (κ1) is 12.6. The molecule has 0 aliphatic heterocycles. The minimum atomic E-state index is -0.000881. The van der Waals surface area contributed by atoms with Gasteiger partial charge in [0.25, 0.3) is 5.89 Å². The Morgan fingerprint density at radius 2 is 2.05 bits per heavy atom. The predicted molar refractivity (Wildman–Crippen MR) is 79.3 cm³/mol. The van der Waals surface area contributed by atoms with Gasteiger partial charge in [0.15, 0.2) is 11.3 Å². The van der Waals surface area contributed by atoms with Crippen molar-refractivity contribution in [2.24, 2.45) is 0 Å². The predicted octanol–water partition coefficient (Wildman–Crippen LogP) is 2.69. The van der Waals surface area contributed by atoms with Crippen LogP contribution in [0.2, 0.25) is 0 Å². The molecule has 0 N–H and O–H groups in total. The Hall–Kier alpha value is -3.15. The molecule has 0 aliphatic carbocycles. The molecule has 0 amide bonds. The molecule has 4 aromatic rings. The van der Waals surface area contributed by atoms with E-state index in [1.165, 1.54) is 0 Å². The number of rotatable bonds is 3. The van der Waals surface area contributed by atoms with Crippen LogP contribution in [-0.4, -0.2) is 14.7 Å². The van der Waals surface area contributed by atoms with Gasteiger partial charge in [0.2, 0.25) is 0 Å². The molecule has 0 saturated heterocycles. The van der Waals surface area contributed by atoms with Crippen molar-refractivity contribution in [3.05, 3.63) is 71.2 Å². The van der Waals surface area contributed by atoms with E-state index in [1.807, 2.05) is 22.8 Å². The van der Waals surface area contributed by atoms with E-state index in [9.17, 15) is 4.79 Å². The van der Waals surface area contributed by atoms with Gasteiger partial charge in [-0.2, -0.15) is 4.98 Å². The molecule has 0 spiro atoms. The molecule has 0 fully saturated rings. The van der Waals surface area contributed by atoms with E-state index >= 15 is 0 Å². The fourth-order valence-electron chi connectivity index (χ4n) is 2.37. The Labute approximate surface area is 124 Å². The molecule has 1 aromatic carbocycles. The third-order valence-electron chi connectivity index (χ3n) is 3.43. The number of pyridine rings is 1. The van der Waals surface area contributed by atoms with Crippen LogP contribution in [0.3, 0.4) is 0 Å². The van der Waals surface area contributed by atoms with Crippen LogP contribution in [0.1, 0.15) is 5.82 Å². The molecule has 6 nitrogen and oxygen atoms in total. The Bertz CT molecular complexity index is 983. The molecule has 0 saturated carbocycles. The lowest BCUT2D eigenvalue weighted by Gasteiger charge is -2.07. The number of para-hydroxylation sites is 1. The van der Waals surface area contributed by atoms with Crippen LogP contribution in [-0.2, 0) is 6.54 Å².